The van der Waals surface area contributed by atoms with Gasteiger partial charge in [0, 0.05) is 10.6 Å². The summed E-state index contributed by atoms with van der Waals surface area (Å²) in [6, 6.07) is 14.1. The summed E-state index contributed by atoms with van der Waals surface area (Å²) in [5, 5.41) is 5.16. The maximum Gasteiger partial charge on any atom is 0.193 e. The molecule has 1 aromatic carbocycles. The van der Waals surface area contributed by atoms with Gasteiger partial charge in [-0.1, -0.05) is 31.2 Å². The van der Waals surface area contributed by atoms with E-state index < -0.39 is 0 Å². The second-order valence-corrected chi connectivity index (χ2v) is 4.92. The number of aliphatic imine (C=N–C) groups is 1. The monoisotopic (exact) mass is 259 g/mol. The highest BCUT2D eigenvalue weighted by atomic mass is 32.1. The van der Waals surface area contributed by atoms with Crippen LogP contribution in [-0.4, -0.2) is 5.96 Å². The van der Waals surface area contributed by atoms with Gasteiger partial charge in [-0.2, -0.15) is 0 Å². The van der Waals surface area contributed by atoms with Crippen LogP contribution in [0, 0.1) is 0 Å². The first-order valence-electron chi connectivity index (χ1n) is 5.98. The molecule has 3 N–H and O–H groups in total. The number of para-hydroxylation sites is 1. The van der Waals surface area contributed by atoms with Gasteiger partial charge in [0.25, 0.3) is 0 Å². The number of nitrogens with two attached hydrogens (primary N) is 1. The normalized spacial score (nSPS) is 13.3. The maximum absolute atomic E-state index is 5.93. The average molecular weight is 259 g/mol. The highest BCUT2D eigenvalue weighted by molar-refractivity contribution is 7.10. The number of anilines is 1. The zero-order valence-electron chi connectivity index (χ0n) is 10.3. The molecule has 1 aromatic heterocycles. The molecule has 0 radical (unpaired) electrons. The molecular formula is C14H17N3S. The van der Waals surface area contributed by atoms with E-state index in [0.717, 1.165) is 12.1 Å². The Morgan fingerprint density at radius 2 is 2.06 bits per heavy atom. The minimum atomic E-state index is 0.140. The van der Waals surface area contributed by atoms with E-state index in [0.29, 0.717) is 5.96 Å². The summed E-state index contributed by atoms with van der Waals surface area (Å²) in [5.41, 5.74) is 6.89. The Kier molecular flexibility index (Phi) is 4.36. The largest absolute Gasteiger partial charge is 0.370 e. The van der Waals surface area contributed by atoms with Crippen molar-refractivity contribution in [1.82, 2.24) is 0 Å². The van der Waals surface area contributed by atoms with E-state index in [1.54, 1.807) is 11.3 Å². The molecule has 2 aromatic rings. The third-order valence-corrected chi connectivity index (χ3v) is 3.57. The van der Waals surface area contributed by atoms with Crippen molar-refractivity contribution in [2.75, 3.05) is 5.32 Å². The first-order valence-corrected chi connectivity index (χ1v) is 6.86. The lowest BCUT2D eigenvalue weighted by atomic mass is 10.2. The van der Waals surface area contributed by atoms with Crippen molar-refractivity contribution < 1.29 is 0 Å². The average Bonchev–Trinajstić information content (AvgIpc) is 2.91. The quantitative estimate of drug-likeness (QED) is 0.650. The van der Waals surface area contributed by atoms with E-state index in [9.17, 15) is 0 Å². The molecule has 0 aliphatic carbocycles. The Bertz CT molecular complexity index is 491. The molecule has 0 spiro atoms. The fraction of sp³-hybridized carbons (Fsp3) is 0.214. The van der Waals surface area contributed by atoms with Gasteiger partial charge in [0.1, 0.15) is 0 Å². The van der Waals surface area contributed by atoms with Gasteiger partial charge in [0.15, 0.2) is 5.96 Å². The van der Waals surface area contributed by atoms with Crippen molar-refractivity contribution in [3.05, 3.63) is 52.7 Å². The second-order valence-electron chi connectivity index (χ2n) is 3.94. The molecule has 3 nitrogen and oxygen atoms in total. The van der Waals surface area contributed by atoms with Crippen LogP contribution in [0.15, 0.2) is 52.8 Å². The standard InChI is InChI=1S/C14H17N3S/c1-2-12(13-9-6-10-18-13)17-14(15)16-11-7-4-3-5-8-11/h3-10,12H,2H2,1H3,(H3,15,16,17). The molecule has 1 heterocycles. The van der Waals surface area contributed by atoms with E-state index in [4.69, 9.17) is 5.73 Å². The third kappa shape index (κ3) is 3.34. The van der Waals surface area contributed by atoms with Gasteiger partial charge >= 0.3 is 0 Å². The molecule has 0 fully saturated rings. The minimum absolute atomic E-state index is 0.140. The Hall–Kier alpha value is -1.81. The summed E-state index contributed by atoms with van der Waals surface area (Å²) in [7, 11) is 0. The van der Waals surface area contributed by atoms with Crippen LogP contribution >= 0.6 is 11.3 Å². The number of nitrogens with zero attached hydrogens (tertiary/aromatic N) is 1. The molecule has 0 bridgehead atoms. The van der Waals surface area contributed by atoms with Crippen molar-refractivity contribution >= 4 is 23.0 Å². The Labute approximate surface area is 111 Å². The van der Waals surface area contributed by atoms with Crippen molar-refractivity contribution in [3.8, 4) is 0 Å². The molecule has 2 rings (SSSR count). The predicted octanol–water partition coefficient (Wildman–Crippen LogP) is 3.63. The topological polar surface area (TPSA) is 50.4 Å². The number of thiophene rings is 1. The van der Waals surface area contributed by atoms with Crippen molar-refractivity contribution in [3.63, 3.8) is 0 Å². The SMILES string of the molecule is CCC(N=C(N)Nc1ccccc1)c1cccs1. The maximum atomic E-state index is 5.93. The molecule has 0 aliphatic rings. The van der Waals surface area contributed by atoms with Crippen molar-refractivity contribution in [2.45, 2.75) is 19.4 Å². The summed E-state index contributed by atoms with van der Waals surface area (Å²) < 4.78 is 0. The molecule has 4 heteroatoms. The fourth-order valence-electron chi connectivity index (χ4n) is 1.71. The first kappa shape index (κ1) is 12.6. The fourth-order valence-corrected chi connectivity index (χ4v) is 2.55. The minimum Gasteiger partial charge on any atom is -0.370 e. The molecule has 0 saturated heterocycles. The van der Waals surface area contributed by atoms with Gasteiger partial charge in [-0.3, -0.25) is 0 Å². The van der Waals surface area contributed by atoms with Crippen LogP contribution in [0.4, 0.5) is 5.69 Å². The molecule has 0 amide bonds. The van der Waals surface area contributed by atoms with Crippen LogP contribution in [0.3, 0.4) is 0 Å². The van der Waals surface area contributed by atoms with Gasteiger partial charge in [-0.15, -0.1) is 11.3 Å². The molecule has 0 saturated carbocycles. The summed E-state index contributed by atoms with van der Waals surface area (Å²) in [5.74, 6) is 0.460. The summed E-state index contributed by atoms with van der Waals surface area (Å²) in [6.07, 6.45) is 0.942. The Balaban J connectivity index is 2.07. The number of hydrogen-bond donors (Lipinski definition) is 2. The van der Waals surface area contributed by atoms with Crippen LogP contribution < -0.4 is 11.1 Å². The highest BCUT2D eigenvalue weighted by Crippen LogP contribution is 2.25. The molecule has 94 valence electrons. The van der Waals surface area contributed by atoms with Crippen LogP contribution in [0.25, 0.3) is 0 Å². The smallest absolute Gasteiger partial charge is 0.193 e. The number of hydrogen-bond acceptors (Lipinski definition) is 2. The van der Waals surface area contributed by atoms with Gasteiger partial charge in [-0.05, 0) is 30.0 Å². The highest BCUT2D eigenvalue weighted by Gasteiger charge is 2.09. The van der Waals surface area contributed by atoms with Gasteiger partial charge in [-0.25, -0.2) is 4.99 Å². The van der Waals surface area contributed by atoms with E-state index >= 15 is 0 Å². The van der Waals surface area contributed by atoms with Crippen LogP contribution in [-0.2, 0) is 0 Å². The van der Waals surface area contributed by atoms with Gasteiger partial charge in [0.2, 0.25) is 0 Å². The van der Waals surface area contributed by atoms with Gasteiger partial charge < -0.3 is 11.1 Å². The summed E-state index contributed by atoms with van der Waals surface area (Å²) >= 11 is 1.71. The van der Waals surface area contributed by atoms with E-state index in [1.165, 1.54) is 4.88 Å². The molecule has 0 aliphatic heterocycles. The second kappa shape index (κ2) is 6.21. The zero-order chi connectivity index (χ0) is 12.8. The third-order valence-electron chi connectivity index (χ3n) is 2.60. The van der Waals surface area contributed by atoms with Crippen LogP contribution in [0.1, 0.15) is 24.3 Å². The van der Waals surface area contributed by atoms with Crippen molar-refractivity contribution in [1.29, 1.82) is 0 Å². The Morgan fingerprint density at radius 1 is 1.28 bits per heavy atom. The lowest BCUT2D eigenvalue weighted by Crippen LogP contribution is -2.23. The van der Waals surface area contributed by atoms with Crippen molar-refractivity contribution in [2.24, 2.45) is 10.7 Å². The van der Waals surface area contributed by atoms with E-state index in [1.807, 2.05) is 36.4 Å². The lowest BCUT2D eigenvalue weighted by molar-refractivity contribution is 0.713. The number of nitrogens with one attached hydrogen (secondary N) is 1. The number of rotatable bonds is 4. The van der Waals surface area contributed by atoms with Crippen LogP contribution in [0.5, 0.6) is 0 Å². The first-order chi connectivity index (χ1) is 8.79. The summed E-state index contributed by atoms with van der Waals surface area (Å²) in [6.45, 7) is 2.11. The molecular weight excluding hydrogens is 242 g/mol. The number of guanidine groups is 1. The van der Waals surface area contributed by atoms with Gasteiger partial charge in [0.05, 0.1) is 6.04 Å². The Morgan fingerprint density at radius 3 is 2.67 bits per heavy atom. The molecule has 1 unspecified atom stereocenters. The lowest BCUT2D eigenvalue weighted by Gasteiger charge is -2.11. The molecule has 18 heavy (non-hydrogen) atoms. The predicted molar refractivity (Wildman–Crippen MR) is 79.0 cm³/mol. The zero-order valence-corrected chi connectivity index (χ0v) is 11.2. The summed E-state index contributed by atoms with van der Waals surface area (Å²) in [4.78, 5) is 5.77. The van der Waals surface area contributed by atoms with E-state index in [-0.39, 0.29) is 6.04 Å². The van der Waals surface area contributed by atoms with Crippen LogP contribution in [0.2, 0.25) is 0 Å². The molecule has 1 atom stereocenters. The van der Waals surface area contributed by atoms with E-state index in [2.05, 4.69) is 28.7 Å². The number of benzene rings is 1.